The van der Waals surface area contributed by atoms with Gasteiger partial charge in [-0.2, -0.15) is 0 Å². The average molecular weight is 289 g/mol. The average Bonchev–Trinajstić information content (AvgIpc) is 2.69. The molecule has 0 N–H and O–H groups in total. The Bertz CT molecular complexity index is 479. The molecule has 0 aromatic carbocycles. The van der Waals surface area contributed by atoms with E-state index in [0.717, 1.165) is 21.8 Å². The second-order valence-electron chi connectivity index (χ2n) is 5.55. The number of thiophene rings is 1. The number of amides is 1. The van der Waals surface area contributed by atoms with E-state index in [0.29, 0.717) is 19.5 Å². The summed E-state index contributed by atoms with van der Waals surface area (Å²) >= 11 is 1.14. The lowest BCUT2D eigenvalue weighted by Crippen LogP contribution is -2.39. The van der Waals surface area contributed by atoms with Crippen molar-refractivity contribution < 1.29 is 18.3 Å². The number of ether oxygens (including phenoxy) is 1. The van der Waals surface area contributed by atoms with E-state index in [2.05, 4.69) is 0 Å². The second-order valence-corrected chi connectivity index (χ2v) is 6.72. The number of fused-ring (bicyclic) bond motifs is 1. The Balaban J connectivity index is 2.07. The summed E-state index contributed by atoms with van der Waals surface area (Å²) in [6.45, 7) is 6.29. The van der Waals surface area contributed by atoms with Gasteiger partial charge in [0.1, 0.15) is 5.60 Å². The lowest BCUT2D eigenvalue weighted by atomic mass is 10.1. The Hall–Kier alpha value is -1.17. The van der Waals surface area contributed by atoms with E-state index in [9.17, 15) is 13.6 Å². The molecule has 0 saturated heterocycles. The fourth-order valence-corrected chi connectivity index (χ4v) is 2.97. The molecule has 6 heteroatoms. The highest BCUT2D eigenvalue weighted by Crippen LogP contribution is 2.34. The minimum Gasteiger partial charge on any atom is -0.444 e. The number of nitrogens with zero attached hydrogens (tertiary/aromatic N) is 1. The van der Waals surface area contributed by atoms with Crippen molar-refractivity contribution in [1.29, 1.82) is 0 Å². The third-order valence-corrected chi connectivity index (χ3v) is 4.00. The van der Waals surface area contributed by atoms with Crippen LogP contribution in [0.3, 0.4) is 0 Å². The van der Waals surface area contributed by atoms with Gasteiger partial charge in [-0.05, 0) is 38.8 Å². The van der Waals surface area contributed by atoms with Crippen LogP contribution in [0, 0.1) is 0 Å². The van der Waals surface area contributed by atoms with Gasteiger partial charge < -0.3 is 9.64 Å². The molecule has 1 aliphatic rings. The predicted octanol–water partition coefficient (Wildman–Crippen LogP) is 3.98. The minimum absolute atomic E-state index is 0.0797. The molecule has 1 aliphatic heterocycles. The van der Waals surface area contributed by atoms with Crippen LogP contribution in [-0.2, 0) is 17.7 Å². The Kier molecular flexibility index (Phi) is 3.80. The molecule has 2 heterocycles. The van der Waals surface area contributed by atoms with Gasteiger partial charge in [-0.1, -0.05) is 0 Å². The van der Waals surface area contributed by atoms with Crippen LogP contribution >= 0.6 is 11.3 Å². The summed E-state index contributed by atoms with van der Waals surface area (Å²) in [5.41, 5.74) is 0.276. The van der Waals surface area contributed by atoms with E-state index >= 15 is 0 Å². The van der Waals surface area contributed by atoms with Crippen LogP contribution in [0.15, 0.2) is 6.07 Å². The number of carbonyl (C=O) groups is 1. The first kappa shape index (κ1) is 14.2. The van der Waals surface area contributed by atoms with E-state index in [4.69, 9.17) is 4.74 Å². The zero-order valence-corrected chi connectivity index (χ0v) is 12.0. The molecular formula is C13H17F2NO2S. The lowest BCUT2D eigenvalue weighted by molar-refractivity contribution is 0.0225. The zero-order valence-electron chi connectivity index (χ0n) is 11.2. The van der Waals surface area contributed by atoms with Crippen LogP contribution in [0.2, 0.25) is 0 Å². The van der Waals surface area contributed by atoms with Gasteiger partial charge in [-0.15, -0.1) is 11.3 Å². The molecule has 0 radical (unpaired) electrons. The zero-order chi connectivity index (χ0) is 14.2. The van der Waals surface area contributed by atoms with Crippen LogP contribution < -0.4 is 0 Å². The van der Waals surface area contributed by atoms with Gasteiger partial charge in [-0.25, -0.2) is 13.6 Å². The molecule has 1 aromatic rings. The summed E-state index contributed by atoms with van der Waals surface area (Å²) in [7, 11) is 0. The third-order valence-electron chi connectivity index (χ3n) is 2.75. The number of rotatable bonds is 1. The van der Waals surface area contributed by atoms with Gasteiger partial charge in [-0.3, -0.25) is 0 Å². The Morgan fingerprint density at radius 1 is 1.47 bits per heavy atom. The molecule has 2 rings (SSSR count). The summed E-state index contributed by atoms with van der Waals surface area (Å²) in [6, 6.07) is 1.50. The first-order valence-corrected chi connectivity index (χ1v) is 6.95. The molecule has 1 amide bonds. The van der Waals surface area contributed by atoms with Gasteiger partial charge in [0, 0.05) is 11.4 Å². The summed E-state index contributed by atoms with van der Waals surface area (Å²) in [5, 5.41) is 0. The molecule has 3 nitrogen and oxygen atoms in total. The molecule has 0 atom stereocenters. The molecular weight excluding hydrogens is 272 g/mol. The molecule has 1 aromatic heterocycles. The fraction of sp³-hybridized carbons (Fsp3) is 0.615. The standard InChI is InChI=1S/C13H17F2NO2S/c1-13(2,3)18-12(17)16-5-4-9-8(7-16)6-10(19-9)11(14)15/h6,11H,4-5,7H2,1-3H3. The number of halogens is 2. The van der Waals surface area contributed by atoms with Gasteiger partial charge in [0.25, 0.3) is 6.43 Å². The number of hydrogen-bond acceptors (Lipinski definition) is 3. The van der Waals surface area contributed by atoms with Gasteiger partial charge in [0.05, 0.1) is 11.4 Å². The second kappa shape index (κ2) is 5.07. The highest BCUT2D eigenvalue weighted by Gasteiger charge is 2.27. The van der Waals surface area contributed by atoms with Crippen molar-refractivity contribution >= 4 is 17.4 Å². The van der Waals surface area contributed by atoms with Crippen molar-refractivity contribution in [3.8, 4) is 0 Å². The number of alkyl halides is 2. The summed E-state index contributed by atoms with van der Waals surface area (Å²) in [4.78, 5) is 14.5. The molecule has 0 unspecified atom stereocenters. The van der Waals surface area contributed by atoms with E-state index < -0.39 is 12.0 Å². The van der Waals surface area contributed by atoms with Crippen LogP contribution in [0.1, 0.15) is 42.5 Å². The van der Waals surface area contributed by atoms with Crippen LogP contribution in [0.5, 0.6) is 0 Å². The smallest absolute Gasteiger partial charge is 0.410 e. The van der Waals surface area contributed by atoms with Crippen molar-refractivity contribution in [3.05, 3.63) is 21.4 Å². The van der Waals surface area contributed by atoms with Crippen LogP contribution in [0.25, 0.3) is 0 Å². The minimum atomic E-state index is -2.44. The molecule has 0 saturated carbocycles. The molecule has 19 heavy (non-hydrogen) atoms. The highest BCUT2D eigenvalue weighted by atomic mass is 32.1. The maximum absolute atomic E-state index is 12.6. The maximum atomic E-state index is 12.6. The third kappa shape index (κ3) is 3.43. The Morgan fingerprint density at radius 3 is 2.74 bits per heavy atom. The topological polar surface area (TPSA) is 29.5 Å². The van der Waals surface area contributed by atoms with Crippen LogP contribution in [0.4, 0.5) is 13.6 Å². The first-order chi connectivity index (χ1) is 8.76. The first-order valence-electron chi connectivity index (χ1n) is 6.14. The molecule has 0 bridgehead atoms. The van der Waals surface area contributed by atoms with E-state index in [1.807, 2.05) is 0 Å². The van der Waals surface area contributed by atoms with Gasteiger partial charge in [0.2, 0.25) is 0 Å². The normalized spacial score (nSPS) is 15.6. The van der Waals surface area contributed by atoms with Crippen molar-refractivity contribution in [2.75, 3.05) is 6.54 Å². The summed E-state index contributed by atoms with van der Waals surface area (Å²) in [5.74, 6) is 0. The van der Waals surface area contributed by atoms with Crippen molar-refractivity contribution in [1.82, 2.24) is 4.90 Å². The van der Waals surface area contributed by atoms with E-state index in [1.165, 1.54) is 6.07 Å². The Morgan fingerprint density at radius 2 is 2.16 bits per heavy atom. The van der Waals surface area contributed by atoms with E-state index in [-0.39, 0.29) is 11.0 Å². The Labute approximate surface area is 115 Å². The molecule has 106 valence electrons. The summed E-state index contributed by atoms with van der Waals surface area (Å²) < 4.78 is 30.6. The fourth-order valence-electron chi connectivity index (χ4n) is 1.95. The van der Waals surface area contributed by atoms with Crippen molar-refractivity contribution in [2.24, 2.45) is 0 Å². The van der Waals surface area contributed by atoms with Crippen LogP contribution in [-0.4, -0.2) is 23.1 Å². The monoisotopic (exact) mass is 289 g/mol. The predicted molar refractivity (Wildman–Crippen MR) is 69.6 cm³/mol. The maximum Gasteiger partial charge on any atom is 0.410 e. The van der Waals surface area contributed by atoms with Crippen molar-refractivity contribution in [2.45, 2.75) is 45.8 Å². The number of hydrogen-bond donors (Lipinski definition) is 0. The van der Waals surface area contributed by atoms with Gasteiger partial charge in [0.15, 0.2) is 0 Å². The quantitative estimate of drug-likeness (QED) is 0.782. The van der Waals surface area contributed by atoms with E-state index in [1.54, 1.807) is 25.7 Å². The summed E-state index contributed by atoms with van der Waals surface area (Å²) in [6.07, 6.45) is -2.21. The highest BCUT2D eigenvalue weighted by molar-refractivity contribution is 7.12. The van der Waals surface area contributed by atoms with Gasteiger partial charge >= 0.3 is 6.09 Å². The number of carbonyl (C=O) groups excluding carboxylic acids is 1. The molecule has 0 spiro atoms. The SMILES string of the molecule is CC(C)(C)OC(=O)N1CCc2sc(C(F)F)cc2C1. The lowest BCUT2D eigenvalue weighted by Gasteiger charge is -2.29. The molecule has 0 fully saturated rings. The largest absolute Gasteiger partial charge is 0.444 e. The molecule has 0 aliphatic carbocycles. The van der Waals surface area contributed by atoms with Crippen molar-refractivity contribution in [3.63, 3.8) is 0 Å².